The number of carbonyl (C=O) groups is 2. The predicted octanol–water partition coefficient (Wildman–Crippen LogP) is 5.44. The SMILES string of the molecule is CC(=O)NC(C)c1ccc(-c2csc(NC(=O)c3ccc(OCc4c(C)noc4C)cc3)n2)cc1. The summed E-state index contributed by atoms with van der Waals surface area (Å²) < 4.78 is 10.9. The molecule has 0 aliphatic carbocycles. The lowest BCUT2D eigenvalue weighted by molar-refractivity contribution is -0.119. The van der Waals surface area contributed by atoms with Crippen molar-refractivity contribution in [1.82, 2.24) is 15.5 Å². The molecule has 1 atom stereocenters. The van der Waals surface area contributed by atoms with E-state index in [1.54, 1.807) is 24.3 Å². The van der Waals surface area contributed by atoms with Crippen LogP contribution in [0.5, 0.6) is 5.75 Å². The first kappa shape index (κ1) is 24.2. The number of hydrogen-bond acceptors (Lipinski definition) is 7. The number of nitrogens with zero attached hydrogens (tertiary/aromatic N) is 2. The highest BCUT2D eigenvalue weighted by atomic mass is 32.1. The van der Waals surface area contributed by atoms with E-state index in [0.29, 0.717) is 23.1 Å². The van der Waals surface area contributed by atoms with E-state index in [9.17, 15) is 9.59 Å². The highest BCUT2D eigenvalue weighted by Gasteiger charge is 2.13. The predicted molar refractivity (Wildman–Crippen MR) is 134 cm³/mol. The molecule has 0 aliphatic rings. The van der Waals surface area contributed by atoms with Crippen molar-refractivity contribution in [3.05, 3.63) is 82.1 Å². The highest BCUT2D eigenvalue weighted by Crippen LogP contribution is 2.27. The molecule has 0 saturated heterocycles. The quantitative estimate of drug-likeness (QED) is 0.340. The van der Waals surface area contributed by atoms with Crippen LogP contribution in [0.3, 0.4) is 0 Å². The van der Waals surface area contributed by atoms with Crippen molar-refractivity contribution >= 4 is 28.3 Å². The second-order valence-electron chi connectivity index (χ2n) is 8.15. The zero-order valence-electron chi connectivity index (χ0n) is 19.9. The molecule has 4 rings (SSSR count). The molecule has 0 bridgehead atoms. The van der Waals surface area contributed by atoms with Crippen molar-refractivity contribution in [3.63, 3.8) is 0 Å². The summed E-state index contributed by atoms with van der Waals surface area (Å²) in [6, 6.07) is 14.7. The van der Waals surface area contributed by atoms with Crippen molar-refractivity contribution in [1.29, 1.82) is 0 Å². The fourth-order valence-electron chi connectivity index (χ4n) is 3.53. The molecule has 0 saturated carbocycles. The van der Waals surface area contributed by atoms with Crippen LogP contribution in [-0.2, 0) is 11.4 Å². The number of amides is 2. The second-order valence-corrected chi connectivity index (χ2v) is 9.01. The lowest BCUT2D eigenvalue weighted by Crippen LogP contribution is -2.23. The van der Waals surface area contributed by atoms with Crippen LogP contribution in [0.15, 0.2) is 58.4 Å². The number of hydrogen-bond donors (Lipinski definition) is 2. The minimum Gasteiger partial charge on any atom is -0.489 e. The van der Waals surface area contributed by atoms with Crippen LogP contribution in [-0.4, -0.2) is 22.0 Å². The van der Waals surface area contributed by atoms with Gasteiger partial charge in [-0.2, -0.15) is 0 Å². The number of rotatable bonds is 8. The zero-order chi connectivity index (χ0) is 24.9. The number of benzene rings is 2. The molecule has 4 aromatic rings. The third-order valence-electron chi connectivity index (χ3n) is 5.53. The molecule has 2 heterocycles. The summed E-state index contributed by atoms with van der Waals surface area (Å²) in [5.74, 6) is 1.06. The molecular formula is C26H26N4O4S. The Morgan fingerprint density at radius 2 is 1.80 bits per heavy atom. The standard InChI is InChI=1S/C26H26N4O4S/c1-15(27-18(4)31)19-5-7-20(8-6-19)24-14-35-26(28-24)29-25(32)21-9-11-22(12-10-21)33-13-23-16(2)30-34-17(23)3/h5-12,14-15H,13H2,1-4H3,(H,27,31)(H,28,29,32). The normalized spacial score (nSPS) is 11.7. The minimum absolute atomic E-state index is 0.0689. The van der Waals surface area contributed by atoms with Gasteiger partial charge in [0.15, 0.2) is 5.13 Å². The van der Waals surface area contributed by atoms with Crippen LogP contribution in [0.1, 0.15) is 52.8 Å². The van der Waals surface area contributed by atoms with Gasteiger partial charge in [0.1, 0.15) is 18.1 Å². The van der Waals surface area contributed by atoms with Crippen LogP contribution in [0, 0.1) is 13.8 Å². The van der Waals surface area contributed by atoms with Gasteiger partial charge in [0.2, 0.25) is 5.91 Å². The number of anilines is 1. The fourth-order valence-corrected chi connectivity index (χ4v) is 4.24. The number of carbonyl (C=O) groups excluding carboxylic acids is 2. The van der Waals surface area contributed by atoms with Crippen molar-refractivity contribution in [2.45, 2.75) is 40.3 Å². The fraction of sp³-hybridized carbons (Fsp3) is 0.231. The van der Waals surface area contributed by atoms with Gasteiger partial charge in [0, 0.05) is 23.4 Å². The summed E-state index contributed by atoms with van der Waals surface area (Å²) >= 11 is 1.36. The Morgan fingerprint density at radius 3 is 2.43 bits per heavy atom. The maximum Gasteiger partial charge on any atom is 0.257 e. The molecule has 8 nitrogen and oxygen atoms in total. The molecule has 1 unspecified atom stereocenters. The van der Waals surface area contributed by atoms with Gasteiger partial charge in [0.05, 0.1) is 23.0 Å². The van der Waals surface area contributed by atoms with Gasteiger partial charge < -0.3 is 14.6 Å². The summed E-state index contributed by atoms with van der Waals surface area (Å²) in [5, 5.41) is 12.0. The molecule has 2 amide bonds. The molecule has 0 spiro atoms. The lowest BCUT2D eigenvalue weighted by atomic mass is 10.1. The minimum atomic E-state index is -0.248. The molecule has 9 heteroatoms. The van der Waals surface area contributed by atoms with E-state index in [-0.39, 0.29) is 17.9 Å². The average molecular weight is 491 g/mol. The van der Waals surface area contributed by atoms with E-state index in [1.165, 1.54) is 18.3 Å². The maximum absolute atomic E-state index is 12.7. The molecule has 0 aliphatic heterocycles. The smallest absolute Gasteiger partial charge is 0.257 e. The van der Waals surface area contributed by atoms with Crippen molar-refractivity contribution < 1.29 is 18.8 Å². The van der Waals surface area contributed by atoms with Crippen LogP contribution in [0.25, 0.3) is 11.3 Å². The number of aromatic nitrogens is 2. The van der Waals surface area contributed by atoms with Crippen molar-refractivity contribution in [2.24, 2.45) is 0 Å². The van der Waals surface area contributed by atoms with Crippen molar-refractivity contribution in [2.75, 3.05) is 5.32 Å². The van der Waals surface area contributed by atoms with E-state index in [0.717, 1.165) is 33.8 Å². The van der Waals surface area contributed by atoms with E-state index in [1.807, 2.05) is 50.4 Å². The first-order valence-corrected chi connectivity index (χ1v) is 12.0. The van der Waals surface area contributed by atoms with Gasteiger partial charge in [-0.1, -0.05) is 29.4 Å². The van der Waals surface area contributed by atoms with Crippen LogP contribution < -0.4 is 15.4 Å². The van der Waals surface area contributed by atoms with Gasteiger partial charge in [-0.25, -0.2) is 4.98 Å². The van der Waals surface area contributed by atoms with E-state index in [2.05, 4.69) is 20.8 Å². The molecular weight excluding hydrogens is 464 g/mol. The Balaban J connectivity index is 1.35. The summed E-state index contributed by atoms with van der Waals surface area (Å²) in [4.78, 5) is 28.5. The molecule has 0 fully saturated rings. The number of thiazole rings is 1. The molecule has 35 heavy (non-hydrogen) atoms. The largest absolute Gasteiger partial charge is 0.489 e. The molecule has 2 aromatic heterocycles. The van der Waals surface area contributed by atoms with E-state index in [4.69, 9.17) is 9.26 Å². The third kappa shape index (κ3) is 5.93. The summed E-state index contributed by atoms with van der Waals surface area (Å²) in [6.07, 6.45) is 0. The topological polar surface area (TPSA) is 106 Å². The monoisotopic (exact) mass is 490 g/mol. The van der Waals surface area contributed by atoms with Crippen LogP contribution >= 0.6 is 11.3 Å². The molecule has 2 N–H and O–H groups in total. The number of nitrogens with one attached hydrogen (secondary N) is 2. The highest BCUT2D eigenvalue weighted by molar-refractivity contribution is 7.14. The van der Waals surface area contributed by atoms with Gasteiger partial charge in [-0.05, 0) is 50.6 Å². The summed E-state index contributed by atoms with van der Waals surface area (Å²) in [5.41, 5.74) is 4.93. The lowest BCUT2D eigenvalue weighted by Gasteiger charge is -2.13. The Hall–Kier alpha value is -3.98. The molecule has 0 radical (unpaired) electrons. The number of aryl methyl sites for hydroxylation is 2. The zero-order valence-corrected chi connectivity index (χ0v) is 20.7. The van der Waals surface area contributed by atoms with Crippen LogP contribution in [0.2, 0.25) is 0 Å². The Labute approximate surface area is 207 Å². The first-order valence-electron chi connectivity index (χ1n) is 11.1. The summed E-state index contributed by atoms with van der Waals surface area (Å²) in [6.45, 7) is 7.50. The second kappa shape index (κ2) is 10.5. The average Bonchev–Trinajstić information content (AvgIpc) is 3.43. The Bertz CT molecular complexity index is 1310. The third-order valence-corrected chi connectivity index (χ3v) is 6.29. The number of ether oxygens (including phenoxy) is 1. The van der Waals surface area contributed by atoms with E-state index >= 15 is 0 Å². The Kier molecular flexibility index (Phi) is 7.26. The molecule has 2 aromatic carbocycles. The maximum atomic E-state index is 12.7. The Morgan fingerprint density at radius 1 is 1.09 bits per heavy atom. The van der Waals surface area contributed by atoms with E-state index < -0.39 is 0 Å². The van der Waals surface area contributed by atoms with Gasteiger partial charge >= 0.3 is 0 Å². The van der Waals surface area contributed by atoms with Gasteiger partial charge in [-0.3, -0.25) is 14.9 Å². The summed E-state index contributed by atoms with van der Waals surface area (Å²) in [7, 11) is 0. The van der Waals surface area contributed by atoms with Crippen molar-refractivity contribution in [3.8, 4) is 17.0 Å². The van der Waals surface area contributed by atoms with Gasteiger partial charge in [-0.15, -0.1) is 11.3 Å². The first-order chi connectivity index (χ1) is 16.8. The molecule has 180 valence electrons. The van der Waals surface area contributed by atoms with Gasteiger partial charge in [0.25, 0.3) is 5.91 Å². The van der Waals surface area contributed by atoms with Crippen LogP contribution in [0.4, 0.5) is 5.13 Å².